The molecule has 1 aliphatic heterocycles. The second kappa shape index (κ2) is 12.9. The Labute approximate surface area is 229 Å². The summed E-state index contributed by atoms with van der Waals surface area (Å²) in [5.74, 6) is 0.643. The first-order valence-electron chi connectivity index (χ1n) is 13.6. The lowest BCUT2D eigenvalue weighted by atomic mass is 10.0. The molecule has 3 atom stereocenters. The molecule has 3 N–H and O–H groups in total. The summed E-state index contributed by atoms with van der Waals surface area (Å²) in [6, 6.07) is 19.8. The number of nitrogens with one attached hydrogen (secondary N) is 2. The Morgan fingerprint density at radius 2 is 1.92 bits per heavy atom. The largest absolute Gasteiger partial charge is 0.478 e. The second-order valence-electron chi connectivity index (χ2n) is 10.0. The summed E-state index contributed by atoms with van der Waals surface area (Å²) >= 11 is 0. The van der Waals surface area contributed by atoms with Crippen molar-refractivity contribution in [2.75, 3.05) is 32.8 Å². The Balaban J connectivity index is 1.29. The maximum atomic E-state index is 13.5. The van der Waals surface area contributed by atoms with E-state index in [4.69, 9.17) is 9.47 Å². The zero-order valence-electron chi connectivity index (χ0n) is 22.3. The number of rotatable bonds is 11. The lowest BCUT2D eigenvalue weighted by Gasteiger charge is -2.30. The zero-order valence-corrected chi connectivity index (χ0v) is 22.3. The molecule has 0 aliphatic carbocycles. The molecule has 0 radical (unpaired) electrons. The highest BCUT2D eigenvalue weighted by Crippen LogP contribution is 2.29. The molecule has 2 aromatic heterocycles. The van der Waals surface area contributed by atoms with E-state index in [1.165, 1.54) is 0 Å². The van der Waals surface area contributed by atoms with Crippen LogP contribution in [0.3, 0.4) is 0 Å². The van der Waals surface area contributed by atoms with Crippen molar-refractivity contribution >= 4 is 16.8 Å². The van der Waals surface area contributed by atoms with Crippen molar-refractivity contribution in [2.45, 2.75) is 38.0 Å². The standard InChI is InChI=1S/C31H36N4O4/c1-22(33-21-27(36)24-9-6-12-32-19-24)17-25-20-34-30-26(25)10-5-11-28(30)39-29(18-23-7-3-2-4-8-23)31(37)35-13-15-38-16-14-35/h2-12,19-20,22,27,29,33-34,36H,13-18,21H2,1H3/t22?,27-,29+/m0/s1. The van der Waals surface area contributed by atoms with Crippen LogP contribution in [0.2, 0.25) is 0 Å². The van der Waals surface area contributed by atoms with Crippen LogP contribution in [0.1, 0.15) is 29.7 Å². The van der Waals surface area contributed by atoms with Gasteiger partial charge in [0.25, 0.3) is 5.91 Å². The predicted octanol–water partition coefficient (Wildman–Crippen LogP) is 3.67. The molecule has 8 heteroatoms. The minimum Gasteiger partial charge on any atom is -0.478 e. The maximum absolute atomic E-state index is 13.5. The van der Waals surface area contributed by atoms with Crippen LogP contribution in [0, 0.1) is 0 Å². The van der Waals surface area contributed by atoms with Gasteiger partial charge in [-0.3, -0.25) is 9.78 Å². The lowest BCUT2D eigenvalue weighted by Crippen LogP contribution is -2.48. The van der Waals surface area contributed by atoms with Gasteiger partial charge in [-0.1, -0.05) is 48.5 Å². The number of carbonyl (C=O) groups is 1. The molecule has 4 aromatic rings. The topological polar surface area (TPSA) is 99.7 Å². The Morgan fingerprint density at radius 3 is 2.69 bits per heavy atom. The van der Waals surface area contributed by atoms with Crippen LogP contribution in [0.4, 0.5) is 0 Å². The van der Waals surface area contributed by atoms with E-state index >= 15 is 0 Å². The summed E-state index contributed by atoms with van der Waals surface area (Å²) in [6.07, 6.45) is 5.39. The number of nitrogens with zero attached hydrogens (tertiary/aromatic N) is 2. The highest BCUT2D eigenvalue weighted by atomic mass is 16.5. The van der Waals surface area contributed by atoms with E-state index in [9.17, 15) is 9.90 Å². The number of aliphatic hydroxyl groups is 1. The predicted molar refractivity (Wildman–Crippen MR) is 151 cm³/mol. The number of carbonyl (C=O) groups excluding carboxylic acids is 1. The monoisotopic (exact) mass is 528 g/mol. The van der Waals surface area contributed by atoms with Gasteiger partial charge in [0.05, 0.1) is 24.8 Å². The van der Waals surface area contributed by atoms with Gasteiger partial charge in [0.1, 0.15) is 5.75 Å². The van der Waals surface area contributed by atoms with Crippen LogP contribution in [0.5, 0.6) is 5.75 Å². The number of hydrogen-bond donors (Lipinski definition) is 3. The highest BCUT2D eigenvalue weighted by Gasteiger charge is 2.28. The number of aliphatic hydroxyl groups excluding tert-OH is 1. The van der Waals surface area contributed by atoms with Gasteiger partial charge in [0, 0.05) is 61.6 Å². The molecule has 1 amide bonds. The van der Waals surface area contributed by atoms with Gasteiger partial charge in [0.15, 0.2) is 6.10 Å². The molecule has 0 bridgehead atoms. The first-order valence-corrected chi connectivity index (χ1v) is 13.6. The molecule has 0 spiro atoms. The number of morpholine rings is 1. The van der Waals surface area contributed by atoms with Gasteiger partial charge in [-0.2, -0.15) is 0 Å². The molecule has 0 saturated carbocycles. The van der Waals surface area contributed by atoms with Crippen molar-refractivity contribution < 1.29 is 19.4 Å². The van der Waals surface area contributed by atoms with Gasteiger partial charge in [-0.05, 0) is 36.6 Å². The normalized spacial score (nSPS) is 16.1. The molecule has 1 unspecified atom stereocenters. The first kappa shape index (κ1) is 26.9. The highest BCUT2D eigenvalue weighted by molar-refractivity contribution is 5.89. The van der Waals surface area contributed by atoms with E-state index in [1.807, 2.05) is 65.7 Å². The molecule has 204 valence electrons. The molecule has 3 heterocycles. The van der Waals surface area contributed by atoms with Crippen LogP contribution in [0.25, 0.3) is 10.9 Å². The van der Waals surface area contributed by atoms with Crippen LogP contribution in [-0.4, -0.2) is 70.9 Å². The number of hydrogen-bond acceptors (Lipinski definition) is 6. The number of benzene rings is 2. The molecule has 5 rings (SSSR count). The van der Waals surface area contributed by atoms with E-state index < -0.39 is 12.2 Å². The summed E-state index contributed by atoms with van der Waals surface area (Å²) < 4.78 is 11.9. The van der Waals surface area contributed by atoms with Crippen LogP contribution in [0.15, 0.2) is 79.3 Å². The number of para-hydroxylation sites is 1. The Bertz CT molecular complexity index is 1340. The summed E-state index contributed by atoms with van der Waals surface area (Å²) in [7, 11) is 0. The number of amides is 1. The lowest BCUT2D eigenvalue weighted by molar-refractivity contribution is -0.142. The van der Waals surface area contributed by atoms with Gasteiger partial charge >= 0.3 is 0 Å². The van der Waals surface area contributed by atoms with E-state index in [1.54, 1.807) is 12.4 Å². The first-order chi connectivity index (χ1) is 19.1. The van der Waals surface area contributed by atoms with Crippen molar-refractivity contribution in [3.8, 4) is 5.75 Å². The second-order valence-corrected chi connectivity index (χ2v) is 10.0. The smallest absolute Gasteiger partial charge is 0.264 e. The summed E-state index contributed by atoms with van der Waals surface area (Å²) in [5, 5.41) is 15.0. The minimum atomic E-state index is -0.641. The zero-order chi connectivity index (χ0) is 27.0. The minimum absolute atomic E-state index is 0.0177. The van der Waals surface area contributed by atoms with Crippen molar-refractivity contribution in [3.63, 3.8) is 0 Å². The third-order valence-corrected chi connectivity index (χ3v) is 7.15. The number of H-pyrrole nitrogens is 1. The Hall–Kier alpha value is -3.72. The number of aromatic amines is 1. The quantitative estimate of drug-likeness (QED) is 0.275. The molecule has 8 nitrogen and oxygen atoms in total. The Kier molecular flexibility index (Phi) is 8.88. The number of aromatic nitrogens is 2. The number of pyridine rings is 1. The van der Waals surface area contributed by atoms with Gasteiger partial charge in [-0.15, -0.1) is 0 Å². The van der Waals surface area contributed by atoms with E-state index in [0.29, 0.717) is 45.0 Å². The number of fused-ring (bicyclic) bond motifs is 1. The Morgan fingerprint density at radius 1 is 1.10 bits per heavy atom. The maximum Gasteiger partial charge on any atom is 0.264 e. The average Bonchev–Trinajstić information content (AvgIpc) is 3.40. The van der Waals surface area contributed by atoms with Crippen molar-refractivity contribution in [1.82, 2.24) is 20.2 Å². The molecule has 39 heavy (non-hydrogen) atoms. The van der Waals surface area contributed by atoms with Crippen molar-refractivity contribution in [1.29, 1.82) is 0 Å². The molecular formula is C31H36N4O4. The fourth-order valence-electron chi connectivity index (χ4n) is 5.01. The molecular weight excluding hydrogens is 492 g/mol. The fraction of sp³-hybridized carbons (Fsp3) is 0.355. The third-order valence-electron chi connectivity index (χ3n) is 7.15. The SMILES string of the molecule is CC(Cc1c[nH]c2c(O[C@H](Cc3ccccc3)C(=O)N3CCOCC3)cccc12)NC[C@H](O)c1cccnc1. The summed E-state index contributed by atoms with van der Waals surface area (Å²) in [5.41, 5.74) is 3.87. The van der Waals surface area contributed by atoms with Crippen molar-refractivity contribution in [2.24, 2.45) is 0 Å². The number of ether oxygens (including phenoxy) is 2. The van der Waals surface area contributed by atoms with E-state index in [2.05, 4.69) is 28.3 Å². The average molecular weight is 529 g/mol. The summed E-state index contributed by atoms with van der Waals surface area (Å²) in [6.45, 7) is 4.78. The molecule has 2 aromatic carbocycles. The van der Waals surface area contributed by atoms with Crippen molar-refractivity contribution in [3.05, 3.63) is 95.9 Å². The molecule has 1 fully saturated rings. The van der Waals surface area contributed by atoms with E-state index in [0.717, 1.165) is 34.0 Å². The van der Waals surface area contributed by atoms with Gasteiger partial charge < -0.3 is 29.8 Å². The fourth-order valence-corrected chi connectivity index (χ4v) is 5.01. The van der Waals surface area contributed by atoms with E-state index in [-0.39, 0.29) is 11.9 Å². The molecule has 1 aliphatic rings. The summed E-state index contributed by atoms with van der Waals surface area (Å²) in [4.78, 5) is 22.8. The van der Waals surface area contributed by atoms with Gasteiger partial charge in [0.2, 0.25) is 0 Å². The van der Waals surface area contributed by atoms with Crippen LogP contribution < -0.4 is 10.1 Å². The van der Waals surface area contributed by atoms with Crippen LogP contribution >= 0.6 is 0 Å². The van der Waals surface area contributed by atoms with Gasteiger partial charge in [-0.25, -0.2) is 0 Å². The third kappa shape index (κ3) is 6.84. The molecule has 1 saturated heterocycles. The van der Waals surface area contributed by atoms with Crippen LogP contribution in [-0.2, 0) is 22.4 Å².